The summed E-state index contributed by atoms with van der Waals surface area (Å²) in [5.41, 5.74) is 3.92. The lowest BCUT2D eigenvalue weighted by Crippen LogP contribution is -2.25. The summed E-state index contributed by atoms with van der Waals surface area (Å²) in [6.45, 7) is 1.86. The van der Waals surface area contributed by atoms with Crippen LogP contribution in [0.1, 0.15) is 16.7 Å². The molecule has 2 aromatic heterocycles. The molecule has 0 spiro atoms. The molecular formula is C23H17N3O3S. The van der Waals surface area contributed by atoms with Crippen LogP contribution in [0.5, 0.6) is 0 Å². The van der Waals surface area contributed by atoms with Gasteiger partial charge in [-0.2, -0.15) is 5.26 Å². The number of thiophene rings is 1. The van der Waals surface area contributed by atoms with Crippen LogP contribution in [0.3, 0.4) is 0 Å². The molecule has 0 amide bonds. The van der Waals surface area contributed by atoms with Gasteiger partial charge in [0.2, 0.25) is 0 Å². The number of esters is 1. The van der Waals surface area contributed by atoms with E-state index in [2.05, 4.69) is 4.98 Å². The normalized spacial score (nSPS) is 10.7. The second kappa shape index (κ2) is 8.31. The Labute approximate surface area is 176 Å². The number of nitrogens with zero attached hydrogens (tertiary/aromatic N) is 3. The first kappa shape index (κ1) is 19.6. The Hall–Kier alpha value is -3.76. The standard InChI is InChI=1S/C23H17N3O3S/c1-15-2-8-18(9-3-15)19-13-30-22-21(19)23(28)26(14-25-22)11-20(27)29-12-17-6-4-16(10-24)5-7-17/h2-9,13-14H,11-12H2,1H3. The van der Waals surface area contributed by atoms with Crippen LogP contribution in [0, 0.1) is 18.3 Å². The van der Waals surface area contributed by atoms with Gasteiger partial charge >= 0.3 is 5.97 Å². The van der Waals surface area contributed by atoms with Crippen molar-refractivity contribution in [3.63, 3.8) is 0 Å². The van der Waals surface area contributed by atoms with Gasteiger partial charge in [-0.25, -0.2) is 4.98 Å². The van der Waals surface area contributed by atoms with E-state index in [4.69, 9.17) is 10.00 Å². The largest absolute Gasteiger partial charge is 0.459 e. The Morgan fingerprint density at radius 1 is 1.17 bits per heavy atom. The van der Waals surface area contributed by atoms with E-state index in [1.807, 2.05) is 42.6 Å². The van der Waals surface area contributed by atoms with Crippen LogP contribution in [0.25, 0.3) is 21.3 Å². The summed E-state index contributed by atoms with van der Waals surface area (Å²) < 4.78 is 6.55. The number of aromatic nitrogens is 2. The summed E-state index contributed by atoms with van der Waals surface area (Å²) in [6.07, 6.45) is 1.38. The number of nitriles is 1. The molecule has 0 aliphatic carbocycles. The summed E-state index contributed by atoms with van der Waals surface area (Å²) >= 11 is 1.40. The molecule has 7 heteroatoms. The highest BCUT2D eigenvalue weighted by Gasteiger charge is 2.15. The van der Waals surface area contributed by atoms with E-state index < -0.39 is 5.97 Å². The minimum atomic E-state index is -0.533. The van der Waals surface area contributed by atoms with Gasteiger partial charge in [0.25, 0.3) is 5.56 Å². The molecule has 0 atom stereocenters. The number of rotatable bonds is 5. The zero-order valence-corrected chi connectivity index (χ0v) is 17.0. The average molecular weight is 415 g/mol. The molecule has 0 fully saturated rings. The molecular weight excluding hydrogens is 398 g/mol. The van der Waals surface area contributed by atoms with Crippen molar-refractivity contribution in [3.8, 4) is 17.2 Å². The van der Waals surface area contributed by atoms with Gasteiger partial charge < -0.3 is 4.74 Å². The van der Waals surface area contributed by atoms with Gasteiger partial charge in [-0.15, -0.1) is 11.3 Å². The van der Waals surface area contributed by atoms with Crippen LogP contribution in [0.15, 0.2) is 65.0 Å². The molecule has 0 saturated carbocycles. The maximum atomic E-state index is 13.0. The maximum absolute atomic E-state index is 13.0. The van der Waals surface area contributed by atoms with E-state index in [0.29, 0.717) is 15.8 Å². The molecule has 0 aliphatic rings. The first-order valence-corrected chi connectivity index (χ1v) is 10.1. The second-order valence-electron chi connectivity index (χ2n) is 6.84. The predicted molar refractivity (Wildman–Crippen MR) is 115 cm³/mol. The third-order valence-electron chi connectivity index (χ3n) is 4.71. The number of ether oxygens (including phenoxy) is 1. The van der Waals surface area contributed by atoms with E-state index in [0.717, 1.165) is 22.3 Å². The van der Waals surface area contributed by atoms with E-state index >= 15 is 0 Å². The fourth-order valence-electron chi connectivity index (χ4n) is 3.05. The van der Waals surface area contributed by atoms with Gasteiger partial charge in [-0.05, 0) is 30.2 Å². The summed E-state index contributed by atoms with van der Waals surface area (Å²) in [5.74, 6) is -0.533. The van der Waals surface area contributed by atoms with Gasteiger partial charge in [-0.1, -0.05) is 42.0 Å². The molecule has 0 N–H and O–H groups in total. The lowest BCUT2D eigenvalue weighted by Gasteiger charge is -2.08. The first-order valence-electron chi connectivity index (χ1n) is 9.23. The van der Waals surface area contributed by atoms with E-state index in [-0.39, 0.29) is 18.7 Å². The van der Waals surface area contributed by atoms with Gasteiger partial charge in [0.15, 0.2) is 0 Å². The minimum Gasteiger partial charge on any atom is -0.459 e. The van der Waals surface area contributed by atoms with Crippen molar-refractivity contribution in [2.75, 3.05) is 0 Å². The number of fused-ring (bicyclic) bond motifs is 1. The molecule has 6 nitrogen and oxygen atoms in total. The number of aryl methyl sites for hydroxylation is 1. The van der Waals surface area contributed by atoms with Crippen LogP contribution < -0.4 is 5.56 Å². The van der Waals surface area contributed by atoms with E-state index in [1.54, 1.807) is 24.3 Å². The van der Waals surface area contributed by atoms with Gasteiger partial charge in [0, 0.05) is 10.9 Å². The predicted octanol–water partition coefficient (Wildman–Crippen LogP) is 4.05. The Morgan fingerprint density at radius 2 is 1.90 bits per heavy atom. The first-order chi connectivity index (χ1) is 14.5. The fraction of sp³-hybridized carbons (Fsp3) is 0.130. The molecule has 4 rings (SSSR count). The Bertz CT molecular complexity index is 1310. The molecule has 2 aromatic carbocycles. The third-order valence-corrected chi connectivity index (χ3v) is 5.59. The average Bonchev–Trinajstić information content (AvgIpc) is 3.20. The molecule has 0 aliphatic heterocycles. The van der Waals surface area contributed by atoms with Crippen LogP contribution in [0.4, 0.5) is 0 Å². The summed E-state index contributed by atoms with van der Waals surface area (Å²) in [7, 11) is 0. The maximum Gasteiger partial charge on any atom is 0.326 e. The zero-order valence-electron chi connectivity index (χ0n) is 16.2. The number of carbonyl (C=O) groups excluding carboxylic acids is 1. The molecule has 0 saturated heterocycles. The molecule has 0 unspecified atom stereocenters. The summed E-state index contributed by atoms with van der Waals surface area (Å²) in [5, 5.41) is 11.2. The van der Waals surface area contributed by atoms with Gasteiger partial charge in [0.1, 0.15) is 18.0 Å². The molecule has 148 valence electrons. The highest BCUT2D eigenvalue weighted by molar-refractivity contribution is 7.17. The smallest absolute Gasteiger partial charge is 0.326 e. The topological polar surface area (TPSA) is 85.0 Å². The molecule has 4 aromatic rings. The van der Waals surface area contributed by atoms with Gasteiger partial charge in [-0.3, -0.25) is 14.2 Å². The fourth-order valence-corrected chi connectivity index (χ4v) is 3.96. The lowest BCUT2D eigenvalue weighted by atomic mass is 10.1. The third kappa shape index (κ3) is 4.00. The number of benzene rings is 2. The van der Waals surface area contributed by atoms with Crippen LogP contribution >= 0.6 is 11.3 Å². The quantitative estimate of drug-likeness (QED) is 0.459. The van der Waals surface area contributed by atoms with Crippen molar-refractivity contribution in [1.82, 2.24) is 9.55 Å². The Morgan fingerprint density at radius 3 is 2.60 bits per heavy atom. The van der Waals surface area contributed by atoms with Crippen molar-refractivity contribution in [2.24, 2.45) is 0 Å². The molecule has 0 bridgehead atoms. The van der Waals surface area contributed by atoms with Crippen LogP contribution in [-0.4, -0.2) is 15.5 Å². The Kier molecular flexibility index (Phi) is 5.42. The lowest BCUT2D eigenvalue weighted by molar-refractivity contribution is -0.145. The SMILES string of the molecule is Cc1ccc(-c2csc3ncn(CC(=O)OCc4ccc(C#N)cc4)c(=O)c23)cc1. The molecule has 30 heavy (non-hydrogen) atoms. The zero-order chi connectivity index (χ0) is 21.1. The van der Waals surface area contributed by atoms with Crippen LogP contribution in [0.2, 0.25) is 0 Å². The van der Waals surface area contributed by atoms with Crippen LogP contribution in [-0.2, 0) is 22.7 Å². The Balaban J connectivity index is 1.54. The number of hydrogen-bond acceptors (Lipinski definition) is 6. The van der Waals surface area contributed by atoms with Crippen molar-refractivity contribution in [2.45, 2.75) is 20.1 Å². The molecule has 2 heterocycles. The van der Waals surface area contributed by atoms with Gasteiger partial charge in [0.05, 0.1) is 23.3 Å². The minimum absolute atomic E-state index is 0.0715. The summed E-state index contributed by atoms with van der Waals surface area (Å²) in [4.78, 5) is 30.3. The summed E-state index contributed by atoms with van der Waals surface area (Å²) in [6, 6.07) is 16.7. The number of carbonyl (C=O) groups is 1. The van der Waals surface area contributed by atoms with Crippen molar-refractivity contribution < 1.29 is 9.53 Å². The van der Waals surface area contributed by atoms with E-state index in [1.165, 1.54) is 22.2 Å². The monoisotopic (exact) mass is 415 g/mol. The van der Waals surface area contributed by atoms with Crippen molar-refractivity contribution in [1.29, 1.82) is 5.26 Å². The highest BCUT2D eigenvalue weighted by atomic mass is 32.1. The van der Waals surface area contributed by atoms with E-state index in [9.17, 15) is 9.59 Å². The second-order valence-corrected chi connectivity index (χ2v) is 7.70. The highest BCUT2D eigenvalue weighted by Crippen LogP contribution is 2.30. The van der Waals surface area contributed by atoms with Crippen molar-refractivity contribution in [3.05, 3.63) is 87.3 Å². The van der Waals surface area contributed by atoms with Crippen molar-refractivity contribution >= 4 is 27.5 Å². The number of hydrogen-bond donors (Lipinski definition) is 0. The molecule has 0 radical (unpaired) electrons.